The highest BCUT2D eigenvalue weighted by molar-refractivity contribution is 5.90. The van der Waals surface area contributed by atoms with E-state index in [0.717, 1.165) is 57.8 Å². The maximum absolute atomic E-state index is 12.9. The summed E-state index contributed by atoms with van der Waals surface area (Å²) in [5, 5.41) is 12.2. The molecule has 8 nitrogen and oxygen atoms in total. The summed E-state index contributed by atoms with van der Waals surface area (Å²) in [5.74, 6) is 3.59. The van der Waals surface area contributed by atoms with Gasteiger partial charge in [0.1, 0.15) is 6.04 Å². The van der Waals surface area contributed by atoms with E-state index in [0.29, 0.717) is 19.3 Å². The number of carboxylic acids is 1. The highest BCUT2D eigenvalue weighted by Gasteiger charge is 2.43. The van der Waals surface area contributed by atoms with Crippen LogP contribution in [0.4, 0.5) is 0 Å². The van der Waals surface area contributed by atoms with Crippen LogP contribution in [0.25, 0.3) is 0 Å². The molecule has 32 heavy (non-hydrogen) atoms. The number of amides is 2. The number of carbonyl (C=O) groups excluding carboxylic acids is 2. The average molecular weight is 457 g/mol. The van der Waals surface area contributed by atoms with Gasteiger partial charge in [-0.2, -0.15) is 0 Å². The number of aliphatic carboxylic acids is 1. The summed E-state index contributed by atoms with van der Waals surface area (Å²) in [7, 11) is 0. The van der Waals surface area contributed by atoms with Gasteiger partial charge >= 0.3 is 5.97 Å². The van der Waals surface area contributed by atoms with Crippen molar-refractivity contribution in [1.29, 1.82) is 0 Å². The first-order chi connectivity index (χ1) is 15.2. The predicted octanol–water partition coefficient (Wildman–Crippen LogP) is 3.63. The smallest absolute Gasteiger partial charge is 0.326 e. The van der Waals surface area contributed by atoms with Gasteiger partial charge in [0, 0.05) is 6.42 Å². The molecule has 7 N–H and O–H groups in total. The number of carboxylic acid groups (broad SMARTS) is 1. The maximum atomic E-state index is 12.9. The summed E-state index contributed by atoms with van der Waals surface area (Å²) in [6, 6.07) is -0.861. The molecule has 0 aromatic rings. The molecule has 2 amide bonds. The molecule has 188 valence electrons. The van der Waals surface area contributed by atoms with E-state index in [9.17, 15) is 19.5 Å². The van der Waals surface area contributed by atoms with Crippen LogP contribution in [0.5, 0.6) is 0 Å². The van der Waals surface area contributed by atoms with Crippen LogP contribution < -0.4 is 22.3 Å². The van der Waals surface area contributed by atoms with Crippen LogP contribution in [0.15, 0.2) is 0 Å². The average Bonchev–Trinajstić information content (AvgIpc) is 2.81. The molecule has 0 saturated heterocycles. The fourth-order valence-electron chi connectivity index (χ4n) is 4.16. The van der Waals surface area contributed by atoms with Crippen LogP contribution >= 0.6 is 0 Å². The Hall–Kier alpha value is -1.67. The number of nitrogens with one attached hydrogen (secondary N) is 2. The lowest BCUT2D eigenvalue weighted by Crippen LogP contribution is -2.62. The van der Waals surface area contributed by atoms with Crippen molar-refractivity contribution in [1.82, 2.24) is 10.7 Å². The molecule has 3 unspecified atom stereocenters. The van der Waals surface area contributed by atoms with Gasteiger partial charge in [0.15, 0.2) is 0 Å². The zero-order chi connectivity index (χ0) is 24.6. The summed E-state index contributed by atoms with van der Waals surface area (Å²) in [6.45, 7) is 7.96. The molecule has 0 heterocycles. The largest absolute Gasteiger partial charge is 0.480 e. The normalized spacial score (nSPS) is 17.8. The topological polar surface area (TPSA) is 148 Å². The third kappa shape index (κ3) is 10.8. The summed E-state index contributed by atoms with van der Waals surface area (Å²) in [6.07, 6.45) is 12.3. The summed E-state index contributed by atoms with van der Waals surface area (Å²) >= 11 is 0. The van der Waals surface area contributed by atoms with Crippen LogP contribution in [0, 0.1) is 11.8 Å². The molecule has 0 bridgehead atoms. The number of rotatable bonds is 13. The van der Waals surface area contributed by atoms with Crippen molar-refractivity contribution in [2.45, 2.75) is 123 Å². The van der Waals surface area contributed by atoms with Gasteiger partial charge in [0.25, 0.3) is 0 Å². The minimum atomic E-state index is -0.978. The van der Waals surface area contributed by atoms with E-state index >= 15 is 0 Å². The van der Waals surface area contributed by atoms with E-state index in [-0.39, 0.29) is 23.7 Å². The summed E-state index contributed by atoms with van der Waals surface area (Å²) in [5.41, 5.74) is 7.74. The number of hydrazine groups is 1. The van der Waals surface area contributed by atoms with E-state index in [4.69, 9.17) is 11.6 Å². The van der Waals surface area contributed by atoms with Gasteiger partial charge in [-0.1, -0.05) is 79.1 Å². The first-order valence-corrected chi connectivity index (χ1v) is 12.5. The molecule has 0 radical (unpaired) electrons. The fourth-order valence-corrected chi connectivity index (χ4v) is 4.16. The van der Waals surface area contributed by atoms with Crippen molar-refractivity contribution in [3.63, 3.8) is 0 Å². The summed E-state index contributed by atoms with van der Waals surface area (Å²) in [4.78, 5) is 34.9. The molecule has 3 atom stereocenters. The quantitative estimate of drug-likeness (QED) is 0.124. The van der Waals surface area contributed by atoms with Crippen molar-refractivity contribution in [2.75, 3.05) is 0 Å². The van der Waals surface area contributed by atoms with Crippen LogP contribution in [0.1, 0.15) is 111 Å². The first kappa shape index (κ1) is 30.3. The molecule has 1 saturated carbocycles. The summed E-state index contributed by atoms with van der Waals surface area (Å²) < 4.78 is 0. The van der Waals surface area contributed by atoms with Gasteiger partial charge in [0.2, 0.25) is 11.8 Å². The van der Waals surface area contributed by atoms with E-state index in [1.54, 1.807) is 0 Å². The standard InChI is InChI=1S/C18H34N2O3.C6H14N2O/c1-4-6-12-18(19,14-10-8-7-9-11-14)17(23)20-15(16(21)22)13(3)5-2;1-2-3-4-5-6(9)8-7/h13-15H,4-12,19H2,1-3H3,(H,20,23)(H,21,22);2-5,7H2,1H3,(H,8,9). The minimum absolute atomic E-state index is 0.0662. The molecule has 1 aliphatic rings. The Morgan fingerprint density at radius 1 is 1.03 bits per heavy atom. The van der Waals surface area contributed by atoms with Crippen LogP contribution in [0.2, 0.25) is 0 Å². The Morgan fingerprint density at radius 3 is 2.09 bits per heavy atom. The molecular weight excluding hydrogens is 408 g/mol. The number of nitrogens with two attached hydrogens (primary N) is 2. The van der Waals surface area contributed by atoms with Crippen LogP contribution in [-0.2, 0) is 14.4 Å². The van der Waals surface area contributed by atoms with Crippen molar-refractivity contribution in [3.05, 3.63) is 0 Å². The number of unbranched alkanes of at least 4 members (excludes halogenated alkanes) is 3. The van der Waals surface area contributed by atoms with E-state index < -0.39 is 17.6 Å². The van der Waals surface area contributed by atoms with Gasteiger partial charge in [0.05, 0.1) is 5.54 Å². The molecule has 1 aliphatic carbocycles. The van der Waals surface area contributed by atoms with Gasteiger partial charge in [-0.05, 0) is 37.5 Å². The molecule has 1 rings (SSSR count). The van der Waals surface area contributed by atoms with E-state index in [1.807, 2.05) is 13.8 Å². The third-order valence-electron chi connectivity index (χ3n) is 6.63. The monoisotopic (exact) mass is 456 g/mol. The van der Waals surface area contributed by atoms with Crippen LogP contribution in [0.3, 0.4) is 0 Å². The molecule has 0 spiro atoms. The van der Waals surface area contributed by atoms with Gasteiger partial charge in [-0.15, -0.1) is 0 Å². The second-order valence-electron chi connectivity index (χ2n) is 9.18. The molecule has 8 heteroatoms. The predicted molar refractivity (Wildman–Crippen MR) is 129 cm³/mol. The Balaban J connectivity index is 0.000000900. The lowest BCUT2D eigenvalue weighted by atomic mass is 9.72. The highest BCUT2D eigenvalue weighted by atomic mass is 16.4. The van der Waals surface area contributed by atoms with Gasteiger partial charge < -0.3 is 16.2 Å². The Bertz CT molecular complexity index is 552. The second kappa shape index (κ2) is 16.9. The molecular formula is C24H48N4O4. The molecule has 0 aromatic heterocycles. The van der Waals surface area contributed by atoms with E-state index in [1.165, 1.54) is 6.42 Å². The number of carbonyl (C=O) groups is 3. The Morgan fingerprint density at radius 2 is 1.62 bits per heavy atom. The zero-order valence-electron chi connectivity index (χ0n) is 20.8. The molecule has 0 aromatic carbocycles. The lowest BCUT2D eigenvalue weighted by Gasteiger charge is -2.39. The molecule has 0 aliphatic heterocycles. The van der Waals surface area contributed by atoms with Crippen molar-refractivity contribution in [3.8, 4) is 0 Å². The zero-order valence-corrected chi connectivity index (χ0v) is 20.8. The Labute approximate surface area is 194 Å². The SMILES string of the molecule is CCCCC(N)(C(=O)NC(C(=O)O)C(C)CC)C1CCCCC1.CCCCCC(=O)NN. The minimum Gasteiger partial charge on any atom is -0.480 e. The highest BCUT2D eigenvalue weighted by Crippen LogP contribution is 2.34. The van der Waals surface area contributed by atoms with E-state index in [2.05, 4.69) is 24.6 Å². The number of hydrogen-bond donors (Lipinski definition) is 5. The Kier molecular flexibility index (Phi) is 16.0. The maximum Gasteiger partial charge on any atom is 0.326 e. The number of hydrogen-bond acceptors (Lipinski definition) is 5. The fraction of sp³-hybridized carbons (Fsp3) is 0.875. The first-order valence-electron chi connectivity index (χ1n) is 12.5. The van der Waals surface area contributed by atoms with Crippen molar-refractivity contribution < 1.29 is 19.5 Å². The lowest BCUT2D eigenvalue weighted by molar-refractivity contribution is -0.145. The van der Waals surface area contributed by atoms with Crippen molar-refractivity contribution in [2.24, 2.45) is 23.4 Å². The molecule has 1 fully saturated rings. The van der Waals surface area contributed by atoms with Gasteiger partial charge in [-0.25, -0.2) is 10.6 Å². The van der Waals surface area contributed by atoms with Crippen LogP contribution in [-0.4, -0.2) is 34.5 Å². The van der Waals surface area contributed by atoms with Gasteiger partial charge in [-0.3, -0.25) is 15.0 Å². The second-order valence-corrected chi connectivity index (χ2v) is 9.18. The van der Waals surface area contributed by atoms with Crippen molar-refractivity contribution >= 4 is 17.8 Å². The third-order valence-corrected chi connectivity index (χ3v) is 6.63.